The first-order chi connectivity index (χ1) is 11.3. The first kappa shape index (κ1) is 14.3. The molecule has 1 amide bonds. The summed E-state index contributed by atoms with van der Waals surface area (Å²) in [6.07, 6.45) is 8.82. The van der Waals surface area contributed by atoms with Crippen LogP contribution in [0.15, 0.2) is 49.1 Å². The summed E-state index contributed by atoms with van der Waals surface area (Å²) in [7, 11) is 0. The number of hydrogen-bond donors (Lipinski definition) is 1. The highest BCUT2D eigenvalue weighted by atomic mass is 16.5. The topological polar surface area (TPSA) is 64.1 Å². The van der Waals surface area contributed by atoms with E-state index < -0.39 is 0 Å². The molecule has 3 heterocycles. The van der Waals surface area contributed by atoms with E-state index in [1.165, 1.54) is 0 Å². The molecule has 0 unspecified atom stereocenters. The summed E-state index contributed by atoms with van der Waals surface area (Å²) in [6, 6.07) is 7.89. The molecule has 0 radical (unpaired) electrons. The predicted molar refractivity (Wildman–Crippen MR) is 84.6 cm³/mol. The summed E-state index contributed by atoms with van der Waals surface area (Å²) in [4.78, 5) is 20.8. The molecule has 1 saturated carbocycles. The quantitative estimate of drug-likeness (QED) is 0.940. The van der Waals surface area contributed by atoms with Crippen molar-refractivity contribution in [1.82, 2.24) is 15.3 Å². The van der Waals surface area contributed by atoms with E-state index in [1.54, 1.807) is 12.4 Å². The van der Waals surface area contributed by atoms with E-state index in [-0.39, 0.29) is 24.0 Å². The van der Waals surface area contributed by atoms with Gasteiger partial charge < -0.3 is 10.1 Å². The molecule has 0 spiro atoms. The van der Waals surface area contributed by atoms with Crippen LogP contribution in [0.2, 0.25) is 0 Å². The van der Waals surface area contributed by atoms with Crippen molar-refractivity contribution >= 4 is 5.91 Å². The van der Waals surface area contributed by atoms with Crippen LogP contribution in [0.3, 0.4) is 0 Å². The zero-order valence-electron chi connectivity index (χ0n) is 12.8. The van der Waals surface area contributed by atoms with Crippen molar-refractivity contribution in [3.05, 3.63) is 60.2 Å². The standard InChI is InChI=1S/C18H19N3O2/c22-18(15-9-14(15)12-3-1-6-19-10-12)21-16-5-8-23-17(16)13-4-2-7-20-11-13/h1-4,6-7,10-11,14-17H,5,8-9H2,(H,21,22)/t14-,15-,16-,17+/m0/s1. The van der Waals surface area contributed by atoms with Gasteiger partial charge in [-0.3, -0.25) is 14.8 Å². The predicted octanol–water partition coefficient (Wildman–Crippen LogP) is 2.23. The minimum Gasteiger partial charge on any atom is -0.371 e. The van der Waals surface area contributed by atoms with Crippen LogP contribution in [0.4, 0.5) is 0 Å². The summed E-state index contributed by atoms with van der Waals surface area (Å²) in [5.41, 5.74) is 2.18. The number of rotatable bonds is 4. The molecule has 4 atom stereocenters. The van der Waals surface area contributed by atoms with Crippen molar-refractivity contribution in [2.75, 3.05) is 6.61 Å². The highest BCUT2D eigenvalue weighted by molar-refractivity contribution is 5.83. The van der Waals surface area contributed by atoms with Gasteiger partial charge in [0.05, 0.1) is 6.04 Å². The van der Waals surface area contributed by atoms with E-state index in [4.69, 9.17) is 4.74 Å². The Bertz CT molecular complexity index is 677. The fourth-order valence-electron chi connectivity index (χ4n) is 3.35. The van der Waals surface area contributed by atoms with Crippen LogP contribution >= 0.6 is 0 Å². The number of amides is 1. The van der Waals surface area contributed by atoms with Crippen LogP contribution in [-0.4, -0.2) is 28.5 Å². The maximum absolute atomic E-state index is 12.5. The number of nitrogens with zero attached hydrogens (tertiary/aromatic N) is 2. The summed E-state index contributed by atoms with van der Waals surface area (Å²) in [5, 5.41) is 3.18. The lowest BCUT2D eigenvalue weighted by Crippen LogP contribution is -2.38. The van der Waals surface area contributed by atoms with Gasteiger partial charge in [-0.15, -0.1) is 0 Å². The van der Waals surface area contributed by atoms with E-state index in [1.807, 2.05) is 36.7 Å². The Balaban J connectivity index is 1.39. The SMILES string of the molecule is O=C(N[C@H]1CCO[C@@H]1c1cccnc1)[C@H]1C[C@H]1c1cccnc1. The molecule has 2 aliphatic rings. The Kier molecular flexibility index (Phi) is 3.79. The molecule has 23 heavy (non-hydrogen) atoms. The normalized spacial score (nSPS) is 29.2. The molecule has 0 aromatic carbocycles. The second-order valence-corrected chi connectivity index (χ2v) is 6.22. The van der Waals surface area contributed by atoms with Crippen LogP contribution < -0.4 is 5.32 Å². The van der Waals surface area contributed by atoms with Gasteiger partial charge in [0.1, 0.15) is 6.10 Å². The van der Waals surface area contributed by atoms with Gasteiger partial charge in [0, 0.05) is 42.9 Å². The second kappa shape index (κ2) is 6.08. The molecule has 1 aliphatic carbocycles. The number of hydrogen-bond acceptors (Lipinski definition) is 4. The van der Waals surface area contributed by atoms with Gasteiger partial charge >= 0.3 is 0 Å². The Labute approximate surface area is 135 Å². The van der Waals surface area contributed by atoms with Crippen LogP contribution in [0.5, 0.6) is 0 Å². The molecule has 1 N–H and O–H groups in total. The number of ether oxygens (including phenoxy) is 1. The monoisotopic (exact) mass is 309 g/mol. The zero-order valence-corrected chi connectivity index (χ0v) is 12.8. The molecular weight excluding hydrogens is 290 g/mol. The minimum absolute atomic E-state index is 0.0295. The number of nitrogens with one attached hydrogen (secondary N) is 1. The van der Waals surface area contributed by atoms with Gasteiger partial charge in [0.2, 0.25) is 5.91 Å². The zero-order chi connectivity index (χ0) is 15.6. The van der Waals surface area contributed by atoms with Crippen molar-refractivity contribution in [2.24, 2.45) is 5.92 Å². The Morgan fingerprint density at radius 2 is 1.87 bits per heavy atom. The number of carbonyl (C=O) groups is 1. The smallest absolute Gasteiger partial charge is 0.224 e. The van der Waals surface area contributed by atoms with E-state index in [2.05, 4.69) is 15.3 Å². The number of carbonyl (C=O) groups excluding carboxylic acids is 1. The van der Waals surface area contributed by atoms with Crippen molar-refractivity contribution < 1.29 is 9.53 Å². The van der Waals surface area contributed by atoms with Crippen LogP contribution in [0.1, 0.15) is 36.0 Å². The van der Waals surface area contributed by atoms with E-state index >= 15 is 0 Å². The third kappa shape index (κ3) is 2.97. The van der Waals surface area contributed by atoms with Crippen LogP contribution in [0.25, 0.3) is 0 Å². The third-order valence-electron chi connectivity index (χ3n) is 4.67. The average Bonchev–Trinajstić information content (AvgIpc) is 3.29. The summed E-state index contributed by atoms with van der Waals surface area (Å²) in [6.45, 7) is 0.668. The summed E-state index contributed by atoms with van der Waals surface area (Å²) >= 11 is 0. The Morgan fingerprint density at radius 1 is 1.13 bits per heavy atom. The maximum Gasteiger partial charge on any atom is 0.224 e. The summed E-state index contributed by atoms with van der Waals surface area (Å²) < 4.78 is 5.80. The van der Waals surface area contributed by atoms with Crippen molar-refractivity contribution in [3.63, 3.8) is 0 Å². The molecule has 5 heteroatoms. The molecule has 5 nitrogen and oxygen atoms in total. The molecule has 118 valence electrons. The van der Waals surface area contributed by atoms with Crippen molar-refractivity contribution in [1.29, 1.82) is 0 Å². The van der Waals surface area contributed by atoms with Gasteiger partial charge in [-0.25, -0.2) is 0 Å². The van der Waals surface area contributed by atoms with E-state index in [0.717, 1.165) is 24.0 Å². The number of pyridine rings is 2. The fraction of sp³-hybridized carbons (Fsp3) is 0.389. The maximum atomic E-state index is 12.5. The minimum atomic E-state index is -0.0942. The Hall–Kier alpha value is -2.27. The molecule has 0 bridgehead atoms. The lowest BCUT2D eigenvalue weighted by Gasteiger charge is -2.20. The highest BCUT2D eigenvalue weighted by Gasteiger charge is 2.45. The molecule has 2 aromatic rings. The van der Waals surface area contributed by atoms with Crippen molar-refractivity contribution in [3.8, 4) is 0 Å². The highest BCUT2D eigenvalue weighted by Crippen LogP contribution is 2.47. The molecule has 2 aromatic heterocycles. The Morgan fingerprint density at radius 3 is 2.57 bits per heavy atom. The van der Waals surface area contributed by atoms with E-state index in [9.17, 15) is 4.79 Å². The lowest BCUT2D eigenvalue weighted by atomic mass is 10.0. The molecular formula is C18H19N3O2. The van der Waals surface area contributed by atoms with Gasteiger partial charge in [0.15, 0.2) is 0 Å². The molecule has 4 rings (SSSR count). The first-order valence-electron chi connectivity index (χ1n) is 8.05. The van der Waals surface area contributed by atoms with Gasteiger partial charge in [0.25, 0.3) is 0 Å². The third-order valence-corrected chi connectivity index (χ3v) is 4.67. The fourth-order valence-corrected chi connectivity index (χ4v) is 3.35. The lowest BCUT2D eigenvalue weighted by molar-refractivity contribution is -0.123. The van der Waals surface area contributed by atoms with Gasteiger partial charge in [-0.05, 0) is 36.5 Å². The van der Waals surface area contributed by atoms with Crippen LogP contribution in [0, 0.1) is 5.92 Å². The molecule has 2 fully saturated rings. The van der Waals surface area contributed by atoms with Crippen LogP contribution in [-0.2, 0) is 9.53 Å². The van der Waals surface area contributed by atoms with E-state index in [0.29, 0.717) is 12.5 Å². The number of aromatic nitrogens is 2. The largest absolute Gasteiger partial charge is 0.371 e. The average molecular weight is 309 g/mol. The summed E-state index contributed by atoms with van der Waals surface area (Å²) in [5.74, 6) is 0.500. The second-order valence-electron chi connectivity index (χ2n) is 6.22. The molecule has 1 saturated heterocycles. The first-order valence-corrected chi connectivity index (χ1v) is 8.05. The van der Waals surface area contributed by atoms with Gasteiger partial charge in [-0.1, -0.05) is 12.1 Å². The van der Waals surface area contributed by atoms with Crippen molar-refractivity contribution in [2.45, 2.75) is 30.9 Å². The van der Waals surface area contributed by atoms with Gasteiger partial charge in [-0.2, -0.15) is 0 Å². The molecule has 1 aliphatic heterocycles.